The molecule has 3 aromatic carbocycles. The zero-order valence-electron chi connectivity index (χ0n) is 19.4. The number of benzene rings is 3. The van der Waals surface area contributed by atoms with Crippen LogP contribution in [0.1, 0.15) is 27.3 Å². The second-order valence-electron chi connectivity index (χ2n) is 8.02. The van der Waals surface area contributed by atoms with Gasteiger partial charge in [-0.3, -0.25) is 25.0 Å². The maximum atomic E-state index is 12.3. The Labute approximate surface area is 205 Å². The zero-order chi connectivity index (χ0) is 25.8. The van der Waals surface area contributed by atoms with Gasteiger partial charge in [0.15, 0.2) is 0 Å². The number of nitro groups is 2. The second kappa shape index (κ2) is 10.0. The molecule has 1 N–H and O–H groups in total. The van der Waals surface area contributed by atoms with E-state index in [2.05, 4.69) is 15.1 Å². The number of carbonyl (C=O) groups is 1. The highest BCUT2D eigenvalue weighted by atomic mass is 16.6. The van der Waals surface area contributed by atoms with Gasteiger partial charge in [-0.25, -0.2) is 5.43 Å². The number of carbonyl (C=O) groups excluding carboxylic acids is 1. The molecule has 36 heavy (non-hydrogen) atoms. The minimum absolute atomic E-state index is 0.0482. The van der Waals surface area contributed by atoms with Crippen LogP contribution in [0, 0.1) is 34.1 Å². The van der Waals surface area contributed by atoms with Crippen LogP contribution in [0.4, 0.5) is 11.4 Å². The van der Waals surface area contributed by atoms with Crippen LogP contribution in [0.25, 0.3) is 16.8 Å². The molecule has 180 valence electrons. The van der Waals surface area contributed by atoms with E-state index >= 15 is 0 Å². The molecule has 0 atom stereocenters. The van der Waals surface area contributed by atoms with Crippen LogP contribution in [-0.2, 0) is 0 Å². The molecule has 0 aliphatic carbocycles. The number of nitrogens with one attached hydrogen (secondary N) is 1. The fourth-order valence-electron chi connectivity index (χ4n) is 3.85. The Bertz CT molecular complexity index is 1470. The summed E-state index contributed by atoms with van der Waals surface area (Å²) in [5.74, 6) is -0.475. The normalized spacial score (nSPS) is 10.9. The lowest BCUT2D eigenvalue weighted by Crippen LogP contribution is -2.17. The first-order chi connectivity index (χ1) is 17.2. The van der Waals surface area contributed by atoms with E-state index in [1.807, 2.05) is 44.2 Å². The van der Waals surface area contributed by atoms with Crippen molar-refractivity contribution >= 4 is 23.5 Å². The van der Waals surface area contributed by atoms with E-state index in [-0.39, 0.29) is 16.9 Å². The zero-order valence-corrected chi connectivity index (χ0v) is 19.4. The summed E-state index contributed by atoms with van der Waals surface area (Å²) in [6.07, 6.45) is 1.55. The summed E-state index contributed by atoms with van der Waals surface area (Å²) < 4.78 is 2.05. The first-order valence-corrected chi connectivity index (χ1v) is 10.9. The maximum Gasteiger partial charge on any atom is 0.271 e. The Morgan fingerprint density at radius 2 is 1.33 bits per heavy atom. The molecule has 0 radical (unpaired) electrons. The summed E-state index contributed by atoms with van der Waals surface area (Å²) >= 11 is 0. The number of nitrogens with zero attached hydrogens (tertiary/aromatic N) is 4. The number of hydrogen-bond donors (Lipinski definition) is 1. The van der Waals surface area contributed by atoms with Crippen molar-refractivity contribution < 1.29 is 14.6 Å². The molecule has 0 bridgehead atoms. The lowest BCUT2D eigenvalue weighted by molar-refractivity contribution is -0.385. The van der Waals surface area contributed by atoms with E-state index < -0.39 is 15.8 Å². The molecule has 0 spiro atoms. The van der Waals surface area contributed by atoms with Crippen LogP contribution in [0.15, 0.2) is 84.0 Å². The highest BCUT2D eigenvalue weighted by molar-refractivity contribution is 5.95. The standard InChI is InChI=1S/C26H21N5O5/c1-17-15-22(16-27-28-26(32)21-7-13-25(14-8-21)31(35)36)18(2)29(17)23-9-3-19(4-10-23)20-5-11-24(12-6-20)30(33)34/h3-16H,1-2H3,(H,28,32). The number of rotatable bonds is 7. The molecule has 4 aromatic rings. The monoisotopic (exact) mass is 483 g/mol. The van der Waals surface area contributed by atoms with E-state index in [9.17, 15) is 25.0 Å². The first kappa shape index (κ1) is 24.0. The predicted octanol–water partition coefficient (Wildman–Crippen LogP) is 5.34. The van der Waals surface area contributed by atoms with Crippen LogP contribution < -0.4 is 5.43 Å². The van der Waals surface area contributed by atoms with E-state index in [4.69, 9.17) is 0 Å². The van der Waals surface area contributed by atoms with Gasteiger partial charge in [0.1, 0.15) is 0 Å². The van der Waals surface area contributed by atoms with Crippen molar-refractivity contribution in [2.75, 3.05) is 0 Å². The molecule has 1 heterocycles. The summed E-state index contributed by atoms with van der Waals surface area (Å²) in [6.45, 7) is 3.90. The molecule has 0 aliphatic rings. The van der Waals surface area contributed by atoms with Crippen molar-refractivity contribution in [2.24, 2.45) is 5.10 Å². The van der Waals surface area contributed by atoms with Gasteiger partial charge >= 0.3 is 0 Å². The van der Waals surface area contributed by atoms with Crippen LogP contribution in [0.5, 0.6) is 0 Å². The van der Waals surface area contributed by atoms with E-state index in [1.165, 1.54) is 36.4 Å². The molecular weight excluding hydrogens is 462 g/mol. The van der Waals surface area contributed by atoms with Crippen LogP contribution in [0.3, 0.4) is 0 Å². The Kier molecular flexibility index (Phi) is 6.68. The summed E-state index contributed by atoms with van der Waals surface area (Å²) in [7, 11) is 0. The second-order valence-corrected chi connectivity index (χ2v) is 8.02. The van der Waals surface area contributed by atoms with E-state index in [1.54, 1.807) is 18.3 Å². The molecule has 10 heteroatoms. The minimum Gasteiger partial charge on any atom is -0.318 e. The van der Waals surface area contributed by atoms with Crippen LogP contribution >= 0.6 is 0 Å². The Morgan fingerprint density at radius 1 is 0.833 bits per heavy atom. The van der Waals surface area contributed by atoms with Gasteiger partial charge in [0, 0.05) is 52.5 Å². The molecule has 4 rings (SSSR count). The summed E-state index contributed by atoms with van der Waals surface area (Å²) in [5.41, 5.74) is 8.11. The van der Waals surface area contributed by atoms with Gasteiger partial charge in [-0.2, -0.15) is 5.10 Å². The topological polar surface area (TPSA) is 133 Å². The Hall–Kier alpha value is -5.12. The molecule has 0 saturated carbocycles. The van der Waals surface area contributed by atoms with Crippen molar-refractivity contribution in [1.29, 1.82) is 0 Å². The molecule has 1 aromatic heterocycles. The third kappa shape index (κ3) is 5.02. The van der Waals surface area contributed by atoms with Crippen LogP contribution in [0.2, 0.25) is 0 Å². The molecule has 10 nitrogen and oxygen atoms in total. The van der Waals surface area contributed by atoms with Gasteiger partial charge in [0.25, 0.3) is 17.3 Å². The smallest absolute Gasteiger partial charge is 0.271 e. The third-order valence-corrected chi connectivity index (χ3v) is 5.72. The maximum absolute atomic E-state index is 12.3. The SMILES string of the molecule is Cc1cc(C=NNC(=O)c2ccc([N+](=O)[O-])cc2)c(C)n1-c1ccc(-c2ccc([N+](=O)[O-])cc2)cc1. The van der Waals surface area contributed by atoms with Crippen molar-refractivity contribution in [2.45, 2.75) is 13.8 Å². The number of aryl methyl sites for hydroxylation is 1. The largest absolute Gasteiger partial charge is 0.318 e. The fourth-order valence-corrected chi connectivity index (χ4v) is 3.85. The van der Waals surface area contributed by atoms with Gasteiger partial charge in [0.05, 0.1) is 16.1 Å². The number of hydrazone groups is 1. The van der Waals surface area contributed by atoms with Crippen LogP contribution in [-0.4, -0.2) is 26.5 Å². The third-order valence-electron chi connectivity index (χ3n) is 5.72. The highest BCUT2D eigenvalue weighted by Gasteiger charge is 2.12. The Morgan fingerprint density at radius 3 is 1.86 bits per heavy atom. The number of amides is 1. The number of aromatic nitrogens is 1. The van der Waals surface area contributed by atoms with Crippen molar-refractivity contribution in [3.8, 4) is 16.8 Å². The lowest BCUT2D eigenvalue weighted by Gasteiger charge is -2.11. The van der Waals surface area contributed by atoms with E-state index in [0.29, 0.717) is 0 Å². The number of non-ortho nitro benzene ring substituents is 2. The predicted molar refractivity (Wildman–Crippen MR) is 135 cm³/mol. The van der Waals surface area contributed by atoms with Crippen molar-refractivity contribution in [3.63, 3.8) is 0 Å². The summed E-state index contributed by atoms with van der Waals surface area (Å²) in [5, 5.41) is 25.6. The highest BCUT2D eigenvalue weighted by Crippen LogP contribution is 2.26. The molecular formula is C26H21N5O5. The Balaban J connectivity index is 1.48. The van der Waals surface area contributed by atoms with E-state index in [0.717, 1.165) is 33.8 Å². The van der Waals surface area contributed by atoms with Crippen molar-refractivity contribution in [1.82, 2.24) is 9.99 Å². The quantitative estimate of drug-likeness (QED) is 0.215. The average molecular weight is 483 g/mol. The van der Waals surface area contributed by atoms with Gasteiger partial charge in [-0.05, 0) is 67.4 Å². The molecule has 1 amide bonds. The van der Waals surface area contributed by atoms with Gasteiger partial charge in [-0.1, -0.05) is 12.1 Å². The minimum atomic E-state index is -0.529. The summed E-state index contributed by atoms with van der Waals surface area (Å²) in [4.78, 5) is 32.9. The molecule has 0 fully saturated rings. The van der Waals surface area contributed by atoms with Gasteiger partial charge < -0.3 is 4.57 Å². The average Bonchev–Trinajstić information content (AvgIpc) is 3.16. The van der Waals surface area contributed by atoms with Crippen molar-refractivity contribution in [3.05, 3.63) is 122 Å². The molecule has 0 saturated heterocycles. The van der Waals surface area contributed by atoms with Gasteiger partial charge in [-0.15, -0.1) is 0 Å². The summed E-state index contributed by atoms with van der Waals surface area (Å²) in [6, 6.07) is 21.5. The molecule has 0 aliphatic heterocycles. The number of hydrogen-bond acceptors (Lipinski definition) is 6. The first-order valence-electron chi connectivity index (χ1n) is 10.9. The molecule has 0 unspecified atom stereocenters. The lowest BCUT2D eigenvalue weighted by atomic mass is 10.0. The number of nitro benzene ring substituents is 2. The van der Waals surface area contributed by atoms with Gasteiger partial charge in [0.2, 0.25) is 0 Å². The fraction of sp³-hybridized carbons (Fsp3) is 0.0769.